The molecule has 1 aromatic heterocycles. The minimum absolute atomic E-state index is 0.0230. The third-order valence-corrected chi connectivity index (χ3v) is 4.53. The average molecular weight is 309 g/mol. The lowest BCUT2D eigenvalue weighted by molar-refractivity contribution is -0.136. The Morgan fingerprint density at radius 3 is 2.24 bits per heavy atom. The van der Waals surface area contributed by atoms with Gasteiger partial charge in [0.15, 0.2) is 0 Å². The summed E-state index contributed by atoms with van der Waals surface area (Å²) in [5, 5.41) is 3.75. The predicted molar refractivity (Wildman–Crippen MR) is 84.2 cm³/mol. The number of piperazine rings is 1. The Kier molecular flexibility index (Phi) is 4.68. The first-order chi connectivity index (χ1) is 9.80. The summed E-state index contributed by atoms with van der Waals surface area (Å²) in [4.78, 5) is 28.2. The first-order valence-electron chi connectivity index (χ1n) is 7.16. The molecule has 5 nitrogen and oxygen atoms in total. The van der Waals surface area contributed by atoms with Crippen LogP contribution in [0.3, 0.4) is 0 Å². The van der Waals surface area contributed by atoms with Crippen LogP contribution < -0.4 is 5.73 Å². The summed E-state index contributed by atoms with van der Waals surface area (Å²) >= 11 is 1.52. The number of carbonyl (C=O) groups is 2. The topological polar surface area (TPSA) is 66.6 Å². The lowest BCUT2D eigenvalue weighted by Gasteiger charge is -2.38. The number of carbonyl (C=O) groups excluding carboxylic acids is 2. The summed E-state index contributed by atoms with van der Waals surface area (Å²) in [5.41, 5.74) is 6.50. The molecule has 0 aliphatic carbocycles. The second-order valence-corrected chi connectivity index (χ2v) is 7.25. The van der Waals surface area contributed by atoms with Crippen molar-refractivity contribution in [3.8, 4) is 0 Å². The van der Waals surface area contributed by atoms with E-state index in [2.05, 4.69) is 0 Å². The van der Waals surface area contributed by atoms with Gasteiger partial charge >= 0.3 is 0 Å². The van der Waals surface area contributed by atoms with Gasteiger partial charge in [0.2, 0.25) is 5.91 Å². The quantitative estimate of drug-likeness (QED) is 0.898. The summed E-state index contributed by atoms with van der Waals surface area (Å²) < 4.78 is 0. The summed E-state index contributed by atoms with van der Waals surface area (Å²) in [6, 6.07) is 1.33. The van der Waals surface area contributed by atoms with E-state index in [1.807, 2.05) is 37.6 Å². The zero-order chi connectivity index (χ0) is 15.6. The van der Waals surface area contributed by atoms with Crippen LogP contribution in [0.5, 0.6) is 0 Å². The van der Waals surface area contributed by atoms with E-state index in [9.17, 15) is 9.59 Å². The molecule has 1 aliphatic heterocycles. The van der Waals surface area contributed by atoms with Crippen molar-refractivity contribution in [2.24, 2.45) is 11.1 Å². The van der Waals surface area contributed by atoms with E-state index in [4.69, 9.17) is 5.73 Å². The number of hydrogen-bond acceptors (Lipinski definition) is 4. The maximum atomic E-state index is 12.3. The van der Waals surface area contributed by atoms with Gasteiger partial charge in [0.05, 0.1) is 11.6 Å². The normalized spacial score (nSPS) is 17.7. The van der Waals surface area contributed by atoms with Crippen LogP contribution in [0.25, 0.3) is 0 Å². The van der Waals surface area contributed by atoms with Gasteiger partial charge in [-0.2, -0.15) is 11.3 Å². The van der Waals surface area contributed by atoms with Crippen LogP contribution in [0.15, 0.2) is 16.8 Å². The fraction of sp³-hybridized carbons (Fsp3) is 0.600. The average Bonchev–Trinajstić information content (AvgIpc) is 2.98. The Hall–Kier alpha value is -1.40. The van der Waals surface area contributed by atoms with E-state index in [0.717, 1.165) is 5.56 Å². The molecule has 1 saturated heterocycles. The first-order valence-corrected chi connectivity index (χ1v) is 8.11. The molecule has 2 amide bonds. The minimum Gasteiger partial charge on any atom is -0.338 e. The van der Waals surface area contributed by atoms with E-state index >= 15 is 0 Å². The van der Waals surface area contributed by atoms with Crippen molar-refractivity contribution in [2.75, 3.05) is 26.2 Å². The Balaban J connectivity index is 1.92. The lowest BCUT2D eigenvalue weighted by atomic mass is 9.86. The van der Waals surface area contributed by atoms with Crippen molar-refractivity contribution in [3.63, 3.8) is 0 Å². The van der Waals surface area contributed by atoms with Crippen LogP contribution >= 0.6 is 11.3 Å². The third-order valence-electron chi connectivity index (χ3n) is 3.85. The Bertz CT molecular complexity index is 499. The van der Waals surface area contributed by atoms with Gasteiger partial charge < -0.3 is 15.5 Å². The fourth-order valence-corrected chi connectivity index (χ4v) is 2.90. The van der Waals surface area contributed by atoms with Crippen LogP contribution in [-0.2, 0) is 4.79 Å². The van der Waals surface area contributed by atoms with E-state index < -0.39 is 6.04 Å². The molecule has 0 unspecified atom stereocenters. The molecule has 1 aromatic rings. The molecular formula is C15H23N3O2S. The highest BCUT2D eigenvalue weighted by molar-refractivity contribution is 7.08. The van der Waals surface area contributed by atoms with Crippen LogP contribution in [0.4, 0.5) is 0 Å². The van der Waals surface area contributed by atoms with Crippen LogP contribution in [0, 0.1) is 5.41 Å². The van der Waals surface area contributed by atoms with Gasteiger partial charge in [-0.15, -0.1) is 0 Å². The highest BCUT2D eigenvalue weighted by atomic mass is 32.1. The maximum absolute atomic E-state index is 12.3. The second kappa shape index (κ2) is 6.15. The van der Waals surface area contributed by atoms with Gasteiger partial charge in [-0.3, -0.25) is 9.59 Å². The second-order valence-electron chi connectivity index (χ2n) is 6.47. The van der Waals surface area contributed by atoms with Gasteiger partial charge in [0, 0.05) is 31.6 Å². The molecule has 0 bridgehead atoms. The maximum Gasteiger partial charge on any atom is 0.254 e. The molecule has 2 N–H and O–H groups in total. The van der Waals surface area contributed by atoms with Crippen LogP contribution in [0.1, 0.15) is 31.1 Å². The Morgan fingerprint density at radius 2 is 1.76 bits per heavy atom. The lowest BCUT2D eigenvalue weighted by Crippen LogP contribution is -2.56. The standard InChI is InChI=1S/C15H23N3O2S/c1-15(2,3)12(16)14(20)18-7-5-17(6-8-18)13(19)11-4-9-21-10-11/h4,9-10,12H,5-8,16H2,1-3H3/t12-/m1/s1. The summed E-state index contributed by atoms with van der Waals surface area (Å²) in [6.07, 6.45) is 0. The van der Waals surface area contributed by atoms with E-state index in [0.29, 0.717) is 26.2 Å². The SMILES string of the molecule is CC(C)(C)[C@H](N)C(=O)N1CCN(C(=O)c2ccsc2)CC1. The molecule has 21 heavy (non-hydrogen) atoms. The largest absolute Gasteiger partial charge is 0.338 e. The first kappa shape index (κ1) is 16.0. The van der Waals surface area contributed by atoms with Crippen molar-refractivity contribution in [1.29, 1.82) is 0 Å². The van der Waals surface area contributed by atoms with Gasteiger partial charge in [-0.05, 0) is 16.9 Å². The third kappa shape index (κ3) is 3.63. The molecule has 0 spiro atoms. The van der Waals surface area contributed by atoms with Gasteiger partial charge in [-0.25, -0.2) is 0 Å². The Morgan fingerprint density at radius 1 is 1.19 bits per heavy atom. The Labute approximate surface area is 129 Å². The molecular weight excluding hydrogens is 286 g/mol. The number of nitrogens with zero attached hydrogens (tertiary/aromatic N) is 2. The number of amides is 2. The zero-order valence-electron chi connectivity index (χ0n) is 12.8. The van der Waals surface area contributed by atoms with E-state index in [1.165, 1.54) is 11.3 Å². The predicted octanol–water partition coefficient (Wildman–Crippen LogP) is 1.41. The summed E-state index contributed by atoms with van der Waals surface area (Å²) in [7, 11) is 0. The molecule has 0 radical (unpaired) electrons. The summed E-state index contributed by atoms with van der Waals surface area (Å²) in [5.74, 6) is 0.0219. The highest BCUT2D eigenvalue weighted by Gasteiger charge is 2.33. The fourth-order valence-electron chi connectivity index (χ4n) is 2.27. The van der Waals surface area contributed by atoms with E-state index in [-0.39, 0.29) is 17.2 Å². The zero-order valence-corrected chi connectivity index (χ0v) is 13.7. The van der Waals surface area contributed by atoms with E-state index in [1.54, 1.807) is 9.80 Å². The summed E-state index contributed by atoms with van der Waals surface area (Å²) in [6.45, 7) is 8.13. The van der Waals surface area contributed by atoms with Crippen molar-refractivity contribution >= 4 is 23.2 Å². The molecule has 1 atom stereocenters. The monoisotopic (exact) mass is 309 g/mol. The van der Waals surface area contributed by atoms with Crippen molar-refractivity contribution < 1.29 is 9.59 Å². The number of rotatable bonds is 2. The molecule has 0 saturated carbocycles. The molecule has 6 heteroatoms. The van der Waals surface area contributed by atoms with Crippen molar-refractivity contribution in [1.82, 2.24) is 9.80 Å². The molecule has 116 valence electrons. The molecule has 1 fully saturated rings. The van der Waals surface area contributed by atoms with Crippen molar-refractivity contribution in [2.45, 2.75) is 26.8 Å². The van der Waals surface area contributed by atoms with Gasteiger partial charge in [0.1, 0.15) is 0 Å². The van der Waals surface area contributed by atoms with Crippen LogP contribution in [-0.4, -0.2) is 53.8 Å². The highest BCUT2D eigenvalue weighted by Crippen LogP contribution is 2.20. The van der Waals surface area contributed by atoms with Gasteiger partial charge in [-0.1, -0.05) is 20.8 Å². The molecule has 1 aliphatic rings. The smallest absolute Gasteiger partial charge is 0.254 e. The van der Waals surface area contributed by atoms with Crippen molar-refractivity contribution in [3.05, 3.63) is 22.4 Å². The minimum atomic E-state index is -0.503. The molecule has 2 rings (SSSR count). The molecule has 2 heterocycles. The van der Waals surface area contributed by atoms with Gasteiger partial charge in [0.25, 0.3) is 5.91 Å². The number of hydrogen-bond donors (Lipinski definition) is 1. The molecule has 0 aromatic carbocycles. The number of thiophene rings is 1. The number of nitrogens with two attached hydrogens (primary N) is 1. The van der Waals surface area contributed by atoms with Crippen LogP contribution in [0.2, 0.25) is 0 Å².